The molecule has 1 saturated heterocycles. The molecule has 0 saturated carbocycles. The highest BCUT2D eigenvalue weighted by atomic mass is 32.2. The molecule has 0 N–H and O–H groups in total. The van der Waals surface area contributed by atoms with E-state index in [1.165, 1.54) is 0 Å². The van der Waals surface area contributed by atoms with Crippen molar-refractivity contribution in [2.24, 2.45) is 0 Å². The van der Waals surface area contributed by atoms with Crippen molar-refractivity contribution in [2.45, 2.75) is 38.0 Å². The lowest BCUT2D eigenvalue weighted by Gasteiger charge is -2.12. The largest absolute Gasteiger partial charge is 0.377 e. The van der Waals surface area contributed by atoms with Gasteiger partial charge in [-0.05, 0) is 20.3 Å². The Kier molecular flexibility index (Phi) is 4.09. The van der Waals surface area contributed by atoms with Crippen LogP contribution >= 0.6 is 11.8 Å². The molecule has 0 amide bonds. The van der Waals surface area contributed by atoms with Gasteiger partial charge in [-0.25, -0.2) is 0 Å². The number of rotatable bonds is 4. The van der Waals surface area contributed by atoms with Gasteiger partial charge >= 0.3 is 0 Å². The van der Waals surface area contributed by atoms with Crippen molar-refractivity contribution in [3.8, 4) is 0 Å². The molecule has 0 radical (unpaired) electrons. The van der Waals surface area contributed by atoms with E-state index in [2.05, 4.69) is 6.92 Å². The first kappa shape index (κ1) is 10.1. The summed E-state index contributed by atoms with van der Waals surface area (Å²) in [7, 11) is 0. The number of ether oxygens (including phenoxy) is 1. The van der Waals surface area contributed by atoms with Crippen LogP contribution in [0.5, 0.6) is 0 Å². The van der Waals surface area contributed by atoms with Gasteiger partial charge in [0, 0.05) is 24.0 Å². The number of thioether (sulfide) groups is 1. The number of carbonyl (C=O) groups is 1. The van der Waals surface area contributed by atoms with Crippen LogP contribution in [0.15, 0.2) is 0 Å². The Morgan fingerprint density at radius 1 is 1.67 bits per heavy atom. The number of ketones is 1. The average molecular weight is 188 g/mol. The number of hydrogen-bond donors (Lipinski definition) is 0. The van der Waals surface area contributed by atoms with Crippen LogP contribution in [0, 0.1) is 0 Å². The van der Waals surface area contributed by atoms with Gasteiger partial charge in [-0.2, -0.15) is 11.8 Å². The number of carbonyl (C=O) groups excluding carboxylic acids is 1. The van der Waals surface area contributed by atoms with Gasteiger partial charge in [-0.1, -0.05) is 0 Å². The summed E-state index contributed by atoms with van der Waals surface area (Å²) in [5.74, 6) is 1.24. The number of Topliss-reactive ketones (excluding diaryl/α,β-unsaturated/α-hetero) is 1. The molecule has 0 bridgehead atoms. The zero-order chi connectivity index (χ0) is 8.97. The molecule has 0 spiro atoms. The van der Waals surface area contributed by atoms with Gasteiger partial charge in [0.15, 0.2) is 0 Å². The maximum absolute atomic E-state index is 10.7. The van der Waals surface area contributed by atoms with Crippen LogP contribution in [0.1, 0.15) is 26.7 Å². The normalized spacial score (nSPS) is 29.2. The van der Waals surface area contributed by atoms with Gasteiger partial charge in [0.05, 0.1) is 6.10 Å². The Morgan fingerprint density at radius 2 is 2.42 bits per heavy atom. The highest BCUT2D eigenvalue weighted by Gasteiger charge is 2.23. The lowest BCUT2D eigenvalue weighted by Crippen LogP contribution is -2.14. The predicted octanol–water partition coefficient (Wildman–Crippen LogP) is 1.88. The van der Waals surface area contributed by atoms with Gasteiger partial charge in [0.1, 0.15) is 5.78 Å². The van der Waals surface area contributed by atoms with E-state index in [0.717, 1.165) is 18.8 Å². The molecular weight excluding hydrogens is 172 g/mol. The minimum absolute atomic E-state index is 0.286. The Hall–Kier alpha value is -0.0200. The zero-order valence-electron chi connectivity index (χ0n) is 7.71. The summed E-state index contributed by atoms with van der Waals surface area (Å²) in [6, 6.07) is 0. The predicted molar refractivity (Wildman–Crippen MR) is 51.6 cm³/mol. The molecule has 2 atom stereocenters. The molecule has 0 aromatic heterocycles. The van der Waals surface area contributed by atoms with Crippen LogP contribution < -0.4 is 0 Å². The van der Waals surface area contributed by atoms with Gasteiger partial charge in [-0.15, -0.1) is 0 Å². The van der Waals surface area contributed by atoms with Crippen LogP contribution in [0.3, 0.4) is 0 Å². The fraction of sp³-hybridized carbons (Fsp3) is 0.889. The maximum Gasteiger partial charge on any atom is 0.130 e. The van der Waals surface area contributed by atoms with Gasteiger partial charge < -0.3 is 4.74 Å². The average Bonchev–Trinajstić information content (AvgIpc) is 2.36. The Balaban J connectivity index is 2.10. The van der Waals surface area contributed by atoms with Gasteiger partial charge in [0.2, 0.25) is 0 Å². The summed E-state index contributed by atoms with van der Waals surface area (Å²) in [6.45, 7) is 4.65. The van der Waals surface area contributed by atoms with E-state index in [1.807, 2.05) is 11.8 Å². The standard InChI is InChI=1S/C9H16O2S/c1-7(10)4-6-12-9-3-5-11-8(9)2/h8-9H,3-6H2,1-2H3. The molecule has 1 aliphatic rings. The lowest BCUT2D eigenvalue weighted by molar-refractivity contribution is -0.116. The summed E-state index contributed by atoms with van der Waals surface area (Å²) < 4.78 is 5.42. The SMILES string of the molecule is CC(=O)CCSC1CCOC1C. The monoisotopic (exact) mass is 188 g/mol. The van der Waals surface area contributed by atoms with Crippen LogP contribution in [0.4, 0.5) is 0 Å². The van der Waals surface area contributed by atoms with Crippen LogP contribution in [-0.2, 0) is 9.53 Å². The summed E-state index contributed by atoms with van der Waals surface area (Å²) in [4.78, 5) is 10.7. The van der Waals surface area contributed by atoms with E-state index in [0.29, 0.717) is 17.8 Å². The highest BCUT2D eigenvalue weighted by molar-refractivity contribution is 7.99. The second kappa shape index (κ2) is 4.87. The molecule has 2 unspecified atom stereocenters. The Labute approximate surface area is 78.1 Å². The van der Waals surface area contributed by atoms with Crippen molar-refractivity contribution < 1.29 is 9.53 Å². The van der Waals surface area contributed by atoms with Crippen LogP contribution in [-0.4, -0.2) is 29.5 Å². The van der Waals surface area contributed by atoms with Crippen molar-refractivity contribution in [3.63, 3.8) is 0 Å². The molecule has 0 aromatic rings. The second-order valence-corrected chi connectivity index (χ2v) is 4.57. The van der Waals surface area contributed by atoms with Crippen molar-refractivity contribution in [1.82, 2.24) is 0 Å². The van der Waals surface area contributed by atoms with Crippen LogP contribution in [0.2, 0.25) is 0 Å². The molecule has 1 aliphatic heterocycles. The summed E-state index contributed by atoms with van der Waals surface area (Å²) in [6.07, 6.45) is 2.22. The van der Waals surface area contributed by atoms with E-state index in [9.17, 15) is 4.79 Å². The first-order valence-corrected chi connectivity index (χ1v) is 5.47. The Bertz CT molecular complexity index is 159. The molecule has 1 rings (SSSR count). The molecule has 0 aromatic carbocycles. The molecular formula is C9H16O2S. The maximum atomic E-state index is 10.7. The van der Waals surface area contributed by atoms with Crippen LogP contribution in [0.25, 0.3) is 0 Å². The third-order valence-corrected chi connectivity index (χ3v) is 3.58. The summed E-state index contributed by atoms with van der Waals surface area (Å²) in [5.41, 5.74) is 0. The van der Waals surface area contributed by atoms with Crippen molar-refractivity contribution >= 4 is 17.5 Å². The topological polar surface area (TPSA) is 26.3 Å². The molecule has 1 fully saturated rings. The van der Waals surface area contributed by atoms with E-state index < -0.39 is 0 Å². The molecule has 0 aliphatic carbocycles. The van der Waals surface area contributed by atoms with E-state index in [-0.39, 0.29) is 5.78 Å². The van der Waals surface area contributed by atoms with E-state index in [1.54, 1.807) is 6.92 Å². The minimum Gasteiger partial charge on any atom is -0.377 e. The molecule has 12 heavy (non-hydrogen) atoms. The highest BCUT2D eigenvalue weighted by Crippen LogP contribution is 2.26. The molecule has 3 heteroatoms. The smallest absolute Gasteiger partial charge is 0.130 e. The number of hydrogen-bond acceptors (Lipinski definition) is 3. The third kappa shape index (κ3) is 3.15. The van der Waals surface area contributed by atoms with Crippen molar-refractivity contribution in [2.75, 3.05) is 12.4 Å². The van der Waals surface area contributed by atoms with Crippen molar-refractivity contribution in [1.29, 1.82) is 0 Å². The summed E-state index contributed by atoms with van der Waals surface area (Å²) >= 11 is 1.87. The molecule has 1 heterocycles. The lowest BCUT2D eigenvalue weighted by atomic mass is 10.3. The second-order valence-electron chi connectivity index (χ2n) is 3.23. The fourth-order valence-corrected chi connectivity index (χ4v) is 2.61. The third-order valence-electron chi connectivity index (χ3n) is 2.09. The molecule has 2 nitrogen and oxygen atoms in total. The quantitative estimate of drug-likeness (QED) is 0.674. The van der Waals surface area contributed by atoms with Crippen molar-refractivity contribution in [3.05, 3.63) is 0 Å². The fourth-order valence-electron chi connectivity index (χ4n) is 1.28. The minimum atomic E-state index is 0.286. The van der Waals surface area contributed by atoms with E-state index in [4.69, 9.17) is 4.74 Å². The first-order chi connectivity index (χ1) is 5.70. The van der Waals surface area contributed by atoms with Gasteiger partial charge in [0.25, 0.3) is 0 Å². The Morgan fingerprint density at radius 3 is 2.92 bits per heavy atom. The first-order valence-electron chi connectivity index (χ1n) is 4.43. The zero-order valence-corrected chi connectivity index (χ0v) is 8.52. The van der Waals surface area contributed by atoms with Gasteiger partial charge in [-0.3, -0.25) is 4.79 Å². The molecule has 70 valence electrons. The van der Waals surface area contributed by atoms with E-state index >= 15 is 0 Å². The summed E-state index contributed by atoms with van der Waals surface area (Å²) in [5, 5.41) is 0.615.